The fraction of sp³-hybridized carbons (Fsp3) is 0.417. The van der Waals surface area contributed by atoms with Crippen molar-refractivity contribution in [2.24, 2.45) is 0 Å². The average Bonchev–Trinajstić information content (AvgIpc) is 2.75. The second-order valence-corrected chi connectivity index (χ2v) is 10.0. The van der Waals surface area contributed by atoms with Crippen LogP contribution in [0.4, 0.5) is 4.79 Å². The highest BCUT2D eigenvalue weighted by atomic mass is 32.2. The molecule has 0 aliphatic carbocycles. The van der Waals surface area contributed by atoms with Crippen LogP contribution in [0.2, 0.25) is 0 Å². The van der Waals surface area contributed by atoms with Crippen molar-refractivity contribution in [1.29, 1.82) is 0 Å². The Morgan fingerprint density at radius 1 is 1.25 bits per heavy atom. The summed E-state index contributed by atoms with van der Waals surface area (Å²) in [4.78, 5) is 19.3. The van der Waals surface area contributed by atoms with Crippen molar-refractivity contribution in [3.8, 4) is 11.3 Å². The summed E-state index contributed by atoms with van der Waals surface area (Å²) in [7, 11) is -3.55. The first-order valence-electron chi connectivity index (χ1n) is 10.9. The van der Waals surface area contributed by atoms with Crippen LogP contribution >= 0.6 is 0 Å². The van der Waals surface area contributed by atoms with Crippen molar-refractivity contribution in [1.82, 2.24) is 14.6 Å². The molecule has 2 atom stereocenters. The number of aromatic nitrogens is 1. The molecule has 1 aliphatic heterocycles. The Kier molecular flexibility index (Phi) is 8.04. The third-order valence-corrected chi connectivity index (χ3v) is 6.65. The van der Waals surface area contributed by atoms with E-state index in [-0.39, 0.29) is 11.9 Å². The summed E-state index contributed by atoms with van der Waals surface area (Å²) < 4.78 is 33.1. The number of nitrogens with zero attached hydrogens (tertiary/aromatic N) is 2. The topological polar surface area (TPSA) is 88.6 Å². The number of sulfonamides is 1. The van der Waals surface area contributed by atoms with Gasteiger partial charge in [-0.05, 0) is 38.8 Å². The number of carbonyl (C=O) groups is 1. The van der Waals surface area contributed by atoms with E-state index >= 15 is 0 Å². The number of likely N-dealkylation sites (tertiary alicyclic amines) is 1. The van der Waals surface area contributed by atoms with E-state index in [2.05, 4.69) is 11.3 Å². The number of pyridine rings is 1. The van der Waals surface area contributed by atoms with E-state index in [9.17, 15) is 13.2 Å². The molecule has 0 bridgehead atoms. The van der Waals surface area contributed by atoms with Gasteiger partial charge < -0.3 is 9.64 Å². The Labute approximate surface area is 190 Å². The normalized spacial score (nSPS) is 19.0. The highest BCUT2D eigenvalue weighted by Gasteiger charge is 2.37. The molecule has 0 unspecified atom stereocenters. The maximum Gasteiger partial charge on any atom is 0.410 e. The predicted octanol–water partition coefficient (Wildman–Crippen LogP) is 3.77. The van der Waals surface area contributed by atoms with Crippen LogP contribution < -0.4 is 4.72 Å². The second-order valence-electron chi connectivity index (χ2n) is 8.21. The van der Waals surface area contributed by atoms with E-state index in [1.165, 1.54) is 6.08 Å². The minimum atomic E-state index is -3.55. The minimum Gasteiger partial charge on any atom is -0.447 e. The average molecular weight is 458 g/mol. The van der Waals surface area contributed by atoms with Gasteiger partial charge in [0.05, 0.1) is 23.6 Å². The monoisotopic (exact) mass is 457 g/mol. The molecule has 1 N–H and O–H groups in total. The Morgan fingerprint density at radius 2 is 2.00 bits per heavy atom. The lowest BCUT2D eigenvalue weighted by Crippen LogP contribution is -2.58. The largest absolute Gasteiger partial charge is 0.447 e. The van der Waals surface area contributed by atoms with Crippen LogP contribution in [-0.2, 0) is 21.2 Å². The standard InChI is InChI=1S/C24H31N3O4S/c1-4-16-32(29,30)26-22-14-9-15-27(24(28)31-18(2)3)23(22)17-20-12-8-13-21(25-20)19-10-6-5-7-11-19/h4-8,10-13,18,22-23,26H,1,9,14-17H2,2-3H3/t22-,23-/m0/s1. The number of amides is 1. The fourth-order valence-corrected chi connectivity index (χ4v) is 5.10. The second kappa shape index (κ2) is 10.7. The van der Waals surface area contributed by atoms with Gasteiger partial charge in [-0.2, -0.15) is 0 Å². The Hall–Kier alpha value is -2.71. The molecule has 2 aromatic rings. The van der Waals surface area contributed by atoms with E-state index in [1.54, 1.807) is 18.7 Å². The molecular weight excluding hydrogens is 426 g/mol. The van der Waals surface area contributed by atoms with Crippen molar-refractivity contribution in [3.63, 3.8) is 0 Å². The molecular formula is C24H31N3O4S. The highest BCUT2D eigenvalue weighted by Crippen LogP contribution is 2.24. The van der Waals surface area contributed by atoms with Gasteiger partial charge in [0.15, 0.2) is 0 Å². The van der Waals surface area contributed by atoms with E-state index in [1.807, 2.05) is 48.5 Å². The molecule has 3 rings (SSSR count). The van der Waals surface area contributed by atoms with Crippen molar-refractivity contribution >= 4 is 16.1 Å². The molecule has 32 heavy (non-hydrogen) atoms. The number of carbonyl (C=O) groups excluding carboxylic acids is 1. The summed E-state index contributed by atoms with van der Waals surface area (Å²) in [6.45, 7) is 7.63. The van der Waals surface area contributed by atoms with Crippen LogP contribution in [0.1, 0.15) is 32.4 Å². The van der Waals surface area contributed by atoms with Gasteiger partial charge in [-0.25, -0.2) is 17.9 Å². The van der Waals surface area contributed by atoms with Gasteiger partial charge in [-0.15, -0.1) is 6.58 Å². The Balaban J connectivity index is 1.90. The number of ether oxygens (including phenoxy) is 1. The van der Waals surface area contributed by atoms with Gasteiger partial charge in [-0.1, -0.05) is 42.5 Å². The van der Waals surface area contributed by atoms with E-state index in [0.29, 0.717) is 25.8 Å². The highest BCUT2D eigenvalue weighted by molar-refractivity contribution is 7.89. The number of hydrogen-bond donors (Lipinski definition) is 1. The number of hydrogen-bond acceptors (Lipinski definition) is 5. The van der Waals surface area contributed by atoms with Gasteiger partial charge in [0.2, 0.25) is 10.0 Å². The van der Waals surface area contributed by atoms with Gasteiger partial charge in [0, 0.05) is 30.3 Å². The Bertz CT molecular complexity index is 1020. The third kappa shape index (κ3) is 6.40. The zero-order valence-electron chi connectivity index (χ0n) is 18.6. The Morgan fingerprint density at radius 3 is 2.69 bits per heavy atom. The van der Waals surface area contributed by atoms with Crippen LogP contribution in [0, 0.1) is 0 Å². The van der Waals surface area contributed by atoms with Gasteiger partial charge in [0.25, 0.3) is 0 Å². The van der Waals surface area contributed by atoms with Gasteiger partial charge in [0.1, 0.15) is 0 Å². The molecule has 1 saturated heterocycles. The maximum atomic E-state index is 12.8. The molecule has 1 aromatic carbocycles. The number of rotatable bonds is 8. The molecule has 0 spiro atoms. The molecule has 0 saturated carbocycles. The van der Waals surface area contributed by atoms with E-state index < -0.39 is 28.2 Å². The first-order chi connectivity index (χ1) is 15.3. The van der Waals surface area contributed by atoms with Crippen LogP contribution in [0.5, 0.6) is 0 Å². The first-order valence-corrected chi connectivity index (χ1v) is 12.5. The first kappa shape index (κ1) is 23.9. The summed E-state index contributed by atoms with van der Waals surface area (Å²) in [5.74, 6) is -0.172. The van der Waals surface area contributed by atoms with Crippen LogP contribution in [0.3, 0.4) is 0 Å². The zero-order valence-corrected chi connectivity index (χ0v) is 19.4. The number of piperidine rings is 1. The molecule has 7 nitrogen and oxygen atoms in total. The molecule has 1 aliphatic rings. The van der Waals surface area contributed by atoms with Crippen molar-refractivity contribution in [2.75, 3.05) is 12.3 Å². The SMILES string of the molecule is C=CCS(=O)(=O)N[C@H]1CCCN(C(=O)OC(C)C)[C@H]1Cc1cccc(-c2ccccc2)n1. The van der Waals surface area contributed by atoms with Crippen molar-refractivity contribution in [2.45, 2.75) is 51.3 Å². The summed E-state index contributed by atoms with van der Waals surface area (Å²) >= 11 is 0. The minimum absolute atomic E-state index is 0.172. The zero-order chi connectivity index (χ0) is 23.1. The quantitative estimate of drug-likeness (QED) is 0.610. The summed E-state index contributed by atoms with van der Waals surface area (Å²) in [5, 5.41) is 0. The van der Waals surface area contributed by atoms with E-state index in [4.69, 9.17) is 9.72 Å². The molecule has 2 heterocycles. The molecule has 1 aromatic heterocycles. The molecule has 172 valence electrons. The predicted molar refractivity (Wildman–Crippen MR) is 126 cm³/mol. The van der Waals surface area contributed by atoms with Crippen LogP contribution in [-0.4, -0.2) is 54.9 Å². The lowest BCUT2D eigenvalue weighted by Gasteiger charge is -2.41. The van der Waals surface area contributed by atoms with Crippen molar-refractivity contribution in [3.05, 3.63) is 66.9 Å². The molecule has 8 heteroatoms. The summed E-state index contributed by atoms with van der Waals surface area (Å²) in [6, 6.07) is 14.8. The summed E-state index contributed by atoms with van der Waals surface area (Å²) in [6.07, 6.45) is 2.38. The smallest absolute Gasteiger partial charge is 0.410 e. The summed E-state index contributed by atoms with van der Waals surface area (Å²) in [5.41, 5.74) is 2.62. The van der Waals surface area contributed by atoms with Gasteiger partial charge >= 0.3 is 6.09 Å². The molecule has 1 amide bonds. The van der Waals surface area contributed by atoms with Crippen LogP contribution in [0.25, 0.3) is 11.3 Å². The molecule has 0 radical (unpaired) electrons. The third-order valence-electron chi connectivity index (χ3n) is 5.31. The lowest BCUT2D eigenvalue weighted by molar-refractivity contribution is 0.0459. The van der Waals surface area contributed by atoms with Crippen LogP contribution in [0.15, 0.2) is 61.2 Å². The van der Waals surface area contributed by atoms with Gasteiger partial charge in [-0.3, -0.25) is 4.98 Å². The van der Waals surface area contributed by atoms with Crippen molar-refractivity contribution < 1.29 is 17.9 Å². The maximum absolute atomic E-state index is 12.8. The fourth-order valence-electron chi connectivity index (χ4n) is 3.95. The molecule has 1 fully saturated rings. The number of nitrogens with one attached hydrogen (secondary N) is 1. The lowest BCUT2D eigenvalue weighted by atomic mass is 9.93. The number of benzene rings is 1. The van der Waals surface area contributed by atoms with E-state index in [0.717, 1.165) is 17.0 Å².